The fourth-order valence-electron chi connectivity index (χ4n) is 4.07. The number of sulfonamides is 1. The summed E-state index contributed by atoms with van der Waals surface area (Å²) in [5.74, 6) is 0.810. The van der Waals surface area contributed by atoms with Crippen LogP contribution in [0.25, 0.3) is 0 Å². The van der Waals surface area contributed by atoms with E-state index in [-0.39, 0.29) is 6.04 Å². The van der Waals surface area contributed by atoms with Crippen molar-refractivity contribution in [3.05, 3.63) is 53.9 Å². The summed E-state index contributed by atoms with van der Waals surface area (Å²) in [7, 11) is -3.43. The molecule has 4 rings (SSSR count). The van der Waals surface area contributed by atoms with E-state index >= 15 is 0 Å². The van der Waals surface area contributed by atoms with Crippen LogP contribution in [0.5, 0.6) is 0 Å². The van der Waals surface area contributed by atoms with Crippen LogP contribution >= 0.6 is 0 Å². The summed E-state index contributed by atoms with van der Waals surface area (Å²) in [6.45, 7) is 0. The number of rotatable bonds is 3. The third kappa shape index (κ3) is 2.38. The maximum atomic E-state index is 12.5. The summed E-state index contributed by atoms with van der Waals surface area (Å²) in [6.07, 6.45) is 7.36. The lowest BCUT2D eigenvalue weighted by atomic mass is 9.94. The van der Waals surface area contributed by atoms with Crippen molar-refractivity contribution in [3.8, 4) is 0 Å². The minimum Gasteiger partial charge on any atom is -0.366 e. The highest BCUT2D eigenvalue weighted by Gasteiger charge is 2.41. The fraction of sp³-hybridized carbons (Fsp3) is 0.412. The van der Waals surface area contributed by atoms with Gasteiger partial charge in [-0.25, -0.2) is 13.1 Å². The summed E-state index contributed by atoms with van der Waals surface area (Å²) < 4.78 is 28.1. The molecule has 2 aliphatic carbocycles. The molecule has 2 aliphatic rings. The molecule has 1 saturated carbocycles. The van der Waals surface area contributed by atoms with Gasteiger partial charge >= 0.3 is 0 Å². The molecule has 0 spiro atoms. The lowest BCUT2D eigenvalue weighted by molar-refractivity contribution is 0.386. The zero-order valence-corrected chi connectivity index (χ0v) is 13.1. The Morgan fingerprint density at radius 3 is 2.18 bits per heavy atom. The molecule has 0 aliphatic heterocycles. The van der Waals surface area contributed by atoms with Gasteiger partial charge in [0.15, 0.2) is 0 Å². The van der Waals surface area contributed by atoms with E-state index in [0.29, 0.717) is 16.7 Å². The Bertz CT molecular complexity index is 735. The third-order valence-electron chi connectivity index (χ3n) is 5.18. The fourth-order valence-corrected chi connectivity index (χ4v) is 5.42. The molecule has 1 aromatic carbocycles. The minimum absolute atomic E-state index is 0.0484. The molecule has 2 aromatic rings. The molecule has 22 heavy (non-hydrogen) atoms. The second-order valence-corrected chi connectivity index (χ2v) is 8.18. The van der Waals surface area contributed by atoms with Crippen molar-refractivity contribution in [1.82, 2.24) is 9.71 Å². The van der Waals surface area contributed by atoms with Crippen molar-refractivity contribution in [2.75, 3.05) is 0 Å². The summed E-state index contributed by atoms with van der Waals surface area (Å²) in [5.41, 5.74) is 2.78. The Labute approximate surface area is 131 Å². The van der Waals surface area contributed by atoms with E-state index in [1.807, 2.05) is 0 Å². The van der Waals surface area contributed by atoms with Crippen molar-refractivity contribution in [2.24, 2.45) is 11.8 Å². The van der Waals surface area contributed by atoms with E-state index in [1.165, 1.54) is 17.3 Å². The summed E-state index contributed by atoms with van der Waals surface area (Å²) in [6, 6.07) is 10.2. The smallest absolute Gasteiger partial charge is 0.242 e. The van der Waals surface area contributed by atoms with Crippen molar-refractivity contribution >= 4 is 10.0 Å². The van der Waals surface area contributed by atoms with Gasteiger partial charge in [0.05, 0.1) is 4.90 Å². The molecule has 116 valence electrons. The summed E-state index contributed by atoms with van der Waals surface area (Å²) in [5, 5.41) is 0. The predicted octanol–water partition coefficient (Wildman–Crippen LogP) is 2.49. The van der Waals surface area contributed by atoms with E-state index in [2.05, 4.69) is 34.0 Å². The molecular formula is C17H20N2O2S. The zero-order chi connectivity index (χ0) is 15.2. The van der Waals surface area contributed by atoms with Crippen LogP contribution in [-0.4, -0.2) is 19.4 Å². The van der Waals surface area contributed by atoms with Gasteiger partial charge in [0.2, 0.25) is 10.0 Å². The van der Waals surface area contributed by atoms with E-state index in [9.17, 15) is 8.42 Å². The summed E-state index contributed by atoms with van der Waals surface area (Å²) >= 11 is 0. The topological polar surface area (TPSA) is 62.0 Å². The maximum Gasteiger partial charge on any atom is 0.242 e. The lowest BCUT2D eigenvalue weighted by Gasteiger charge is -2.23. The number of aromatic nitrogens is 1. The Morgan fingerprint density at radius 2 is 1.64 bits per heavy atom. The number of benzene rings is 1. The molecule has 0 amide bonds. The predicted molar refractivity (Wildman–Crippen MR) is 85.0 cm³/mol. The molecule has 2 unspecified atom stereocenters. The molecule has 1 aromatic heterocycles. The Morgan fingerprint density at radius 1 is 1.00 bits per heavy atom. The number of H-pyrrole nitrogens is 1. The average molecular weight is 316 g/mol. The third-order valence-corrected chi connectivity index (χ3v) is 6.63. The Kier molecular flexibility index (Phi) is 3.35. The van der Waals surface area contributed by atoms with Gasteiger partial charge < -0.3 is 4.98 Å². The first-order valence-electron chi connectivity index (χ1n) is 7.85. The van der Waals surface area contributed by atoms with Gasteiger partial charge in [-0.3, -0.25) is 0 Å². The molecule has 4 nitrogen and oxygen atoms in total. The van der Waals surface area contributed by atoms with Crippen LogP contribution in [0, 0.1) is 11.8 Å². The van der Waals surface area contributed by atoms with Crippen LogP contribution in [-0.2, 0) is 22.9 Å². The second-order valence-electron chi connectivity index (χ2n) is 6.47. The molecule has 1 fully saturated rings. The highest BCUT2D eigenvalue weighted by molar-refractivity contribution is 7.89. The molecule has 2 atom stereocenters. The van der Waals surface area contributed by atoms with Crippen LogP contribution in [0.3, 0.4) is 0 Å². The quantitative estimate of drug-likeness (QED) is 0.914. The van der Waals surface area contributed by atoms with Gasteiger partial charge in [0.1, 0.15) is 0 Å². The van der Waals surface area contributed by atoms with Gasteiger partial charge in [-0.1, -0.05) is 24.3 Å². The molecule has 2 bridgehead atoms. The first-order chi connectivity index (χ1) is 10.6. The van der Waals surface area contributed by atoms with Crippen LogP contribution < -0.4 is 4.72 Å². The van der Waals surface area contributed by atoms with E-state index < -0.39 is 10.0 Å². The number of hydrogen-bond acceptors (Lipinski definition) is 2. The zero-order valence-electron chi connectivity index (χ0n) is 12.3. The van der Waals surface area contributed by atoms with Crippen LogP contribution in [0.15, 0.2) is 47.6 Å². The Hall–Kier alpha value is -1.59. The average Bonchev–Trinajstić information content (AvgIpc) is 3.09. The summed E-state index contributed by atoms with van der Waals surface area (Å²) in [4.78, 5) is 3.15. The molecule has 2 N–H and O–H groups in total. The first kappa shape index (κ1) is 14.0. The van der Waals surface area contributed by atoms with Gasteiger partial charge in [-0.15, -0.1) is 0 Å². The normalized spacial score (nSPS) is 27.4. The molecular weight excluding hydrogens is 296 g/mol. The number of fused-ring (bicyclic) bond motifs is 3. The molecule has 1 heterocycles. The maximum absolute atomic E-state index is 12.5. The van der Waals surface area contributed by atoms with E-state index in [1.54, 1.807) is 12.3 Å². The highest BCUT2D eigenvalue weighted by atomic mass is 32.2. The highest BCUT2D eigenvalue weighted by Crippen LogP contribution is 2.40. The molecule has 0 saturated heterocycles. The lowest BCUT2D eigenvalue weighted by Crippen LogP contribution is -2.41. The van der Waals surface area contributed by atoms with E-state index in [0.717, 1.165) is 25.7 Å². The van der Waals surface area contributed by atoms with Crippen LogP contribution in [0.1, 0.15) is 24.0 Å². The van der Waals surface area contributed by atoms with Gasteiger partial charge in [0, 0.05) is 18.4 Å². The minimum atomic E-state index is -3.43. The van der Waals surface area contributed by atoms with Gasteiger partial charge in [0.25, 0.3) is 0 Å². The monoisotopic (exact) mass is 316 g/mol. The first-order valence-corrected chi connectivity index (χ1v) is 9.34. The number of aromatic amines is 1. The van der Waals surface area contributed by atoms with Crippen molar-refractivity contribution in [1.29, 1.82) is 0 Å². The van der Waals surface area contributed by atoms with Gasteiger partial charge in [-0.05, 0) is 54.7 Å². The second kappa shape index (κ2) is 5.25. The standard InChI is InChI=1S/C17H20N2O2S/c20-22(21,16-7-8-18-11-16)19-17-14-5-6-15(17)10-13-4-2-1-3-12(13)9-14/h1-4,7-8,11,14-15,17-19H,5-6,9-10H2. The van der Waals surface area contributed by atoms with Gasteiger partial charge in [-0.2, -0.15) is 0 Å². The number of nitrogens with one attached hydrogen (secondary N) is 2. The number of hydrogen-bond donors (Lipinski definition) is 2. The molecule has 0 radical (unpaired) electrons. The molecule has 5 heteroatoms. The SMILES string of the molecule is O=S(=O)(NC1C2CCC1Cc1ccccc1C2)c1cc[nH]c1. The van der Waals surface area contributed by atoms with Crippen molar-refractivity contribution < 1.29 is 8.42 Å². The Balaban J connectivity index is 1.62. The largest absolute Gasteiger partial charge is 0.366 e. The van der Waals surface area contributed by atoms with E-state index in [4.69, 9.17) is 0 Å². The van der Waals surface area contributed by atoms with Crippen molar-refractivity contribution in [2.45, 2.75) is 36.6 Å². The van der Waals surface area contributed by atoms with Crippen molar-refractivity contribution in [3.63, 3.8) is 0 Å². The van der Waals surface area contributed by atoms with Crippen LogP contribution in [0.2, 0.25) is 0 Å². The van der Waals surface area contributed by atoms with Crippen LogP contribution in [0.4, 0.5) is 0 Å².